The summed E-state index contributed by atoms with van der Waals surface area (Å²) in [5, 5.41) is 14.2. The molecular weight excluding hydrogens is 273 g/mol. The van der Waals surface area contributed by atoms with E-state index in [2.05, 4.69) is 5.10 Å². The second-order valence-corrected chi connectivity index (χ2v) is 9.06. The van der Waals surface area contributed by atoms with Gasteiger partial charge in [0, 0.05) is 14.2 Å². The Labute approximate surface area is 101 Å². The molecule has 7 nitrogen and oxygen atoms in total. The first-order valence-corrected chi connectivity index (χ1v) is 8.26. The maximum Gasteiger partial charge on any atom is 0.307 e. The SMILES string of the molecule is COP(=S)(OC)SCn1cc([N+](=O)[O-])cn1. The fourth-order valence-corrected chi connectivity index (χ4v) is 3.42. The zero-order chi connectivity index (χ0) is 12.2. The van der Waals surface area contributed by atoms with Crippen LogP contribution in [0.2, 0.25) is 0 Å². The molecule has 0 N–H and O–H groups in total. The molecule has 0 spiro atoms. The van der Waals surface area contributed by atoms with Gasteiger partial charge in [-0.3, -0.25) is 14.8 Å². The van der Waals surface area contributed by atoms with Gasteiger partial charge < -0.3 is 9.05 Å². The zero-order valence-corrected chi connectivity index (χ0v) is 11.1. The van der Waals surface area contributed by atoms with Crippen molar-refractivity contribution in [1.82, 2.24) is 9.78 Å². The smallest absolute Gasteiger partial charge is 0.307 e. The number of nitrogens with zero attached hydrogens (tertiary/aromatic N) is 3. The van der Waals surface area contributed by atoms with Crippen LogP contribution in [0.4, 0.5) is 5.69 Å². The highest BCUT2D eigenvalue weighted by Gasteiger charge is 2.17. The molecule has 0 saturated heterocycles. The summed E-state index contributed by atoms with van der Waals surface area (Å²) in [6.45, 7) is 0. The molecule has 90 valence electrons. The molecule has 0 saturated carbocycles. The lowest BCUT2D eigenvalue weighted by Crippen LogP contribution is -1.95. The second kappa shape index (κ2) is 5.74. The van der Waals surface area contributed by atoms with Crippen LogP contribution in [0.3, 0.4) is 0 Å². The van der Waals surface area contributed by atoms with Crippen LogP contribution < -0.4 is 0 Å². The molecule has 0 aliphatic heterocycles. The van der Waals surface area contributed by atoms with Gasteiger partial charge in [-0.15, -0.1) is 0 Å². The summed E-state index contributed by atoms with van der Waals surface area (Å²) in [5.41, 5.74) is -2.39. The Kier molecular flexibility index (Phi) is 4.88. The van der Waals surface area contributed by atoms with Crippen molar-refractivity contribution in [2.24, 2.45) is 0 Å². The molecule has 0 unspecified atom stereocenters. The highest BCUT2D eigenvalue weighted by Crippen LogP contribution is 2.60. The van der Waals surface area contributed by atoms with Gasteiger partial charge in [0.2, 0.25) is 5.69 Å². The summed E-state index contributed by atoms with van der Waals surface area (Å²) in [4.78, 5) is 9.91. The summed E-state index contributed by atoms with van der Waals surface area (Å²) >= 11 is 6.38. The minimum atomic E-state index is -2.34. The molecule has 0 bridgehead atoms. The lowest BCUT2D eigenvalue weighted by Gasteiger charge is -2.15. The Morgan fingerprint density at radius 1 is 1.69 bits per heavy atom. The summed E-state index contributed by atoms with van der Waals surface area (Å²) in [5.74, 6) is 0.354. The first-order chi connectivity index (χ1) is 7.50. The average molecular weight is 283 g/mol. The van der Waals surface area contributed by atoms with Crippen LogP contribution in [0.1, 0.15) is 0 Å². The minimum absolute atomic E-state index is 0.0521. The van der Waals surface area contributed by atoms with Gasteiger partial charge in [0.05, 0.1) is 10.8 Å². The normalized spacial score (nSPS) is 11.6. The molecule has 0 fully saturated rings. The number of hydrogen-bond acceptors (Lipinski definition) is 7. The minimum Gasteiger partial charge on any atom is -0.325 e. The highest BCUT2D eigenvalue weighted by molar-refractivity contribution is 8.67. The van der Waals surface area contributed by atoms with Gasteiger partial charge >= 0.3 is 5.69 Å². The van der Waals surface area contributed by atoms with E-state index in [4.69, 9.17) is 20.9 Å². The quantitative estimate of drug-likeness (QED) is 0.448. The number of hydrogen-bond donors (Lipinski definition) is 0. The Hall–Kier alpha value is -0.470. The first kappa shape index (κ1) is 13.6. The van der Waals surface area contributed by atoms with Crippen LogP contribution in [0.5, 0.6) is 0 Å². The Morgan fingerprint density at radius 2 is 2.31 bits per heavy atom. The van der Waals surface area contributed by atoms with Crippen LogP contribution in [-0.2, 0) is 26.7 Å². The number of nitro groups is 1. The predicted molar refractivity (Wildman–Crippen MR) is 64.8 cm³/mol. The van der Waals surface area contributed by atoms with E-state index in [0.29, 0.717) is 5.88 Å². The van der Waals surface area contributed by atoms with Gasteiger partial charge in [0.15, 0.2) is 0 Å². The van der Waals surface area contributed by atoms with Crippen molar-refractivity contribution >= 4 is 34.6 Å². The van der Waals surface area contributed by atoms with Gasteiger partial charge in [-0.2, -0.15) is 5.10 Å². The zero-order valence-electron chi connectivity index (χ0n) is 8.60. The average Bonchev–Trinajstić information content (AvgIpc) is 2.75. The first-order valence-electron chi connectivity index (χ1n) is 4.03. The van der Waals surface area contributed by atoms with E-state index in [-0.39, 0.29) is 5.69 Å². The van der Waals surface area contributed by atoms with Crippen molar-refractivity contribution in [2.45, 2.75) is 5.88 Å². The van der Waals surface area contributed by atoms with Gasteiger partial charge in [0.25, 0.3) is 0 Å². The maximum absolute atomic E-state index is 10.4. The van der Waals surface area contributed by atoms with Crippen molar-refractivity contribution in [3.63, 3.8) is 0 Å². The molecule has 0 radical (unpaired) electrons. The van der Waals surface area contributed by atoms with E-state index in [0.717, 1.165) is 0 Å². The molecule has 10 heteroatoms. The Balaban J connectivity index is 2.61. The fraction of sp³-hybridized carbons (Fsp3) is 0.500. The van der Waals surface area contributed by atoms with Crippen molar-refractivity contribution in [2.75, 3.05) is 14.2 Å². The number of aromatic nitrogens is 2. The van der Waals surface area contributed by atoms with Crippen LogP contribution in [-0.4, -0.2) is 28.9 Å². The van der Waals surface area contributed by atoms with E-state index in [1.807, 2.05) is 0 Å². The molecule has 0 aromatic carbocycles. The molecular formula is C6H10N3O4PS2. The highest BCUT2D eigenvalue weighted by atomic mass is 32.9. The van der Waals surface area contributed by atoms with Crippen molar-refractivity contribution in [1.29, 1.82) is 0 Å². The van der Waals surface area contributed by atoms with Crippen LogP contribution >= 0.6 is 17.1 Å². The third-order valence-corrected chi connectivity index (χ3v) is 7.25. The monoisotopic (exact) mass is 283 g/mol. The van der Waals surface area contributed by atoms with E-state index in [9.17, 15) is 10.1 Å². The van der Waals surface area contributed by atoms with Crippen molar-refractivity contribution in [3.8, 4) is 0 Å². The van der Waals surface area contributed by atoms with E-state index in [1.165, 1.54) is 42.7 Å². The summed E-state index contributed by atoms with van der Waals surface area (Å²) in [6.07, 6.45) is 2.52. The van der Waals surface area contributed by atoms with Crippen molar-refractivity contribution in [3.05, 3.63) is 22.5 Å². The van der Waals surface area contributed by atoms with Gasteiger partial charge in [-0.1, -0.05) is 0 Å². The van der Waals surface area contributed by atoms with Gasteiger partial charge in [-0.05, 0) is 23.2 Å². The third kappa shape index (κ3) is 3.53. The molecule has 1 heterocycles. The van der Waals surface area contributed by atoms with Crippen LogP contribution in [0.15, 0.2) is 12.4 Å². The molecule has 1 aromatic heterocycles. The molecule has 1 aromatic rings. The second-order valence-electron chi connectivity index (χ2n) is 2.57. The van der Waals surface area contributed by atoms with E-state index >= 15 is 0 Å². The fourth-order valence-electron chi connectivity index (χ4n) is 0.827. The molecule has 0 aliphatic carbocycles. The lowest BCUT2D eigenvalue weighted by molar-refractivity contribution is -0.385. The van der Waals surface area contributed by atoms with Gasteiger partial charge in [0.1, 0.15) is 12.4 Å². The van der Waals surface area contributed by atoms with Crippen LogP contribution in [0, 0.1) is 10.1 Å². The molecule has 1 rings (SSSR count). The van der Waals surface area contributed by atoms with Gasteiger partial charge in [-0.25, -0.2) is 0 Å². The topological polar surface area (TPSA) is 79.4 Å². The standard InChI is InChI=1S/C6H10N3O4PS2/c1-12-14(15,13-2)16-5-8-4-6(3-7-8)9(10)11/h3-4H,5H2,1-2H3. The summed E-state index contributed by atoms with van der Waals surface area (Å²) in [6, 6.07) is 0. The van der Waals surface area contributed by atoms with E-state index in [1.54, 1.807) is 0 Å². The summed E-state index contributed by atoms with van der Waals surface area (Å²) in [7, 11) is 2.95. The molecule has 0 atom stereocenters. The predicted octanol–water partition coefficient (Wildman–Crippen LogP) is 2.00. The third-order valence-electron chi connectivity index (χ3n) is 1.63. The van der Waals surface area contributed by atoms with Crippen molar-refractivity contribution < 1.29 is 14.0 Å². The largest absolute Gasteiger partial charge is 0.325 e. The number of rotatable bonds is 6. The lowest BCUT2D eigenvalue weighted by atomic mass is 10.6. The Bertz CT molecular complexity index is 416. The Morgan fingerprint density at radius 3 is 2.75 bits per heavy atom. The van der Waals surface area contributed by atoms with E-state index < -0.39 is 10.6 Å². The molecule has 16 heavy (non-hydrogen) atoms. The molecule has 0 aliphatic rings. The summed E-state index contributed by atoms with van der Waals surface area (Å²) < 4.78 is 11.5. The van der Waals surface area contributed by atoms with Crippen LogP contribution in [0.25, 0.3) is 0 Å². The maximum atomic E-state index is 10.4. The molecule has 0 amide bonds.